The summed E-state index contributed by atoms with van der Waals surface area (Å²) in [6.07, 6.45) is 0. The van der Waals surface area contributed by atoms with Crippen LogP contribution in [0.1, 0.15) is 32.6 Å². The van der Waals surface area contributed by atoms with Crippen molar-refractivity contribution in [1.82, 2.24) is 4.57 Å². The Morgan fingerprint density at radius 3 is 2.52 bits per heavy atom. The van der Waals surface area contributed by atoms with Gasteiger partial charge in [0.05, 0.1) is 17.0 Å². The number of nitrogens with zero attached hydrogens (tertiary/aromatic N) is 3. The minimum absolute atomic E-state index is 0.0667. The van der Waals surface area contributed by atoms with Gasteiger partial charge in [-0.05, 0) is 42.3 Å². The summed E-state index contributed by atoms with van der Waals surface area (Å²) in [5.41, 5.74) is -1.85. The van der Waals surface area contributed by atoms with Crippen LogP contribution < -0.4 is 5.56 Å². The second-order valence-electron chi connectivity index (χ2n) is 6.58. The largest absolute Gasteiger partial charge is 0.494 e. The van der Waals surface area contributed by atoms with Gasteiger partial charge in [-0.3, -0.25) is 24.3 Å². The van der Waals surface area contributed by atoms with E-state index in [2.05, 4.69) is 0 Å². The number of nitriles is 1. The molecule has 0 amide bonds. The van der Waals surface area contributed by atoms with E-state index in [0.29, 0.717) is 5.56 Å². The molecule has 0 atom stereocenters. The van der Waals surface area contributed by atoms with Gasteiger partial charge >= 0.3 is 0 Å². The van der Waals surface area contributed by atoms with E-state index in [4.69, 9.17) is 11.6 Å². The molecule has 31 heavy (non-hydrogen) atoms. The first kappa shape index (κ1) is 21.7. The molecule has 10 heteroatoms. The van der Waals surface area contributed by atoms with Crippen molar-refractivity contribution in [3.63, 3.8) is 0 Å². The van der Waals surface area contributed by atoms with E-state index in [1.165, 1.54) is 31.2 Å². The topological polar surface area (TPSA) is 126 Å². The molecule has 2 aromatic carbocycles. The Morgan fingerprint density at radius 2 is 1.94 bits per heavy atom. The summed E-state index contributed by atoms with van der Waals surface area (Å²) in [6.45, 7) is 1.08. The fraction of sp³-hybridized carbons (Fsp3) is 0.0952. The highest BCUT2D eigenvalue weighted by Crippen LogP contribution is 2.30. The summed E-state index contributed by atoms with van der Waals surface area (Å²) in [4.78, 5) is 36.2. The number of aromatic nitrogens is 1. The molecular formula is C21H13ClFN3O5. The zero-order valence-corrected chi connectivity index (χ0v) is 16.7. The molecule has 3 rings (SSSR count). The predicted molar refractivity (Wildman–Crippen MR) is 109 cm³/mol. The fourth-order valence-corrected chi connectivity index (χ4v) is 3.27. The van der Waals surface area contributed by atoms with Gasteiger partial charge in [0.25, 0.3) is 11.2 Å². The Labute approximate surface area is 179 Å². The van der Waals surface area contributed by atoms with E-state index in [1.807, 2.05) is 0 Å². The highest BCUT2D eigenvalue weighted by Gasteiger charge is 2.26. The second-order valence-corrected chi connectivity index (χ2v) is 6.99. The first-order valence-electron chi connectivity index (χ1n) is 8.75. The molecule has 0 aliphatic heterocycles. The van der Waals surface area contributed by atoms with Crippen molar-refractivity contribution in [3.8, 4) is 11.9 Å². The molecule has 0 aliphatic carbocycles. The molecule has 1 heterocycles. The smallest absolute Gasteiger partial charge is 0.288 e. The predicted octanol–water partition coefficient (Wildman–Crippen LogP) is 3.71. The van der Waals surface area contributed by atoms with Crippen LogP contribution in [-0.2, 0) is 6.54 Å². The molecule has 8 nitrogen and oxygen atoms in total. The summed E-state index contributed by atoms with van der Waals surface area (Å²) in [5.74, 6) is -2.05. The Bertz CT molecular complexity index is 1330. The number of ketones is 1. The molecular weight excluding hydrogens is 429 g/mol. The number of nitro benzene ring substituents is 1. The molecule has 1 aromatic heterocycles. The number of aromatic hydroxyl groups is 1. The van der Waals surface area contributed by atoms with Crippen molar-refractivity contribution < 1.29 is 19.2 Å². The molecule has 3 aromatic rings. The summed E-state index contributed by atoms with van der Waals surface area (Å²) in [5, 5.41) is 31.1. The second kappa shape index (κ2) is 8.38. The summed E-state index contributed by atoms with van der Waals surface area (Å²) in [7, 11) is 0. The lowest BCUT2D eigenvalue weighted by atomic mass is 9.97. The van der Waals surface area contributed by atoms with E-state index in [0.717, 1.165) is 22.8 Å². The molecule has 0 unspecified atom stereocenters. The zero-order valence-electron chi connectivity index (χ0n) is 15.9. The van der Waals surface area contributed by atoms with Crippen LogP contribution in [0, 0.1) is 34.2 Å². The Hall–Kier alpha value is -4.03. The maximum atomic E-state index is 13.2. The number of hydrogen-bond acceptors (Lipinski definition) is 6. The number of hydrogen-bond donors (Lipinski definition) is 1. The van der Waals surface area contributed by atoms with Crippen LogP contribution in [0.2, 0.25) is 5.02 Å². The minimum Gasteiger partial charge on any atom is -0.494 e. The van der Waals surface area contributed by atoms with Crippen molar-refractivity contribution in [2.45, 2.75) is 13.5 Å². The lowest BCUT2D eigenvalue weighted by Gasteiger charge is -2.16. The van der Waals surface area contributed by atoms with Gasteiger partial charge in [-0.2, -0.15) is 5.26 Å². The van der Waals surface area contributed by atoms with Gasteiger partial charge in [0.1, 0.15) is 22.5 Å². The van der Waals surface area contributed by atoms with Crippen LogP contribution in [-0.4, -0.2) is 20.4 Å². The number of halogens is 2. The summed E-state index contributed by atoms with van der Waals surface area (Å²) < 4.78 is 14.0. The third-order valence-electron chi connectivity index (χ3n) is 4.69. The van der Waals surface area contributed by atoms with Crippen LogP contribution in [0.15, 0.2) is 47.3 Å². The van der Waals surface area contributed by atoms with Gasteiger partial charge in [0.2, 0.25) is 5.88 Å². The summed E-state index contributed by atoms with van der Waals surface area (Å²) in [6, 6.07) is 10.2. The molecule has 0 spiro atoms. The van der Waals surface area contributed by atoms with Gasteiger partial charge in [0.15, 0.2) is 5.78 Å². The maximum Gasteiger partial charge on any atom is 0.288 e. The maximum absolute atomic E-state index is 13.2. The van der Waals surface area contributed by atoms with Gasteiger partial charge < -0.3 is 5.11 Å². The number of benzene rings is 2. The first-order valence-corrected chi connectivity index (χ1v) is 9.13. The zero-order chi connectivity index (χ0) is 22.9. The van der Waals surface area contributed by atoms with Crippen LogP contribution >= 0.6 is 11.6 Å². The lowest BCUT2D eigenvalue weighted by Crippen LogP contribution is -2.27. The Kier molecular flexibility index (Phi) is 5.86. The van der Waals surface area contributed by atoms with Crippen LogP contribution in [0.3, 0.4) is 0 Å². The molecule has 1 N–H and O–H groups in total. The molecule has 156 valence electrons. The number of carbonyl (C=O) groups is 1. The van der Waals surface area contributed by atoms with E-state index < -0.39 is 33.7 Å². The van der Waals surface area contributed by atoms with Crippen LogP contribution in [0.25, 0.3) is 0 Å². The SMILES string of the molecule is Cc1c(C(=O)c2ccc(Cl)c([N+](=O)[O-])c2)c(O)n(Cc2ccc(F)cc2)c(=O)c1C#N. The summed E-state index contributed by atoms with van der Waals surface area (Å²) >= 11 is 5.78. The minimum atomic E-state index is -0.834. The van der Waals surface area contributed by atoms with E-state index in [9.17, 15) is 34.5 Å². The monoisotopic (exact) mass is 441 g/mol. The van der Waals surface area contributed by atoms with E-state index in [1.54, 1.807) is 6.07 Å². The molecule has 0 aliphatic rings. The highest BCUT2D eigenvalue weighted by atomic mass is 35.5. The van der Waals surface area contributed by atoms with Crippen LogP contribution in [0.5, 0.6) is 5.88 Å². The Balaban J connectivity index is 2.21. The molecule has 0 saturated carbocycles. The fourth-order valence-electron chi connectivity index (χ4n) is 3.08. The molecule has 0 saturated heterocycles. The van der Waals surface area contributed by atoms with E-state index >= 15 is 0 Å². The normalized spacial score (nSPS) is 10.5. The van der Waals surface area contributed by atoms with E-state index in [-0.39, 0.29) is 33.8 Å². The van der Waals surface area contributed by atoms with Gasteiger partial charge in [0, 0.05) is 11.6 Å². The van der Waals surface area contributed by atoms with Crippen molar-refractivity contribution in [3.05, 3.63) is 102 Å². The van der Waals surface area contributed by atoms with Crippen molar-refractivity contribution >= 4 is 23.1 Å². The average molecular weight is 442 g/mol. The van der Waals surface area contributed by atoms with Gasteiger partial charge in [-0.1, -0.05) is 23.7 Å². The molecule has 0 fully saturated rings. The Morgan fingerprint density at radius 1 is 1.29 bits per heavy atom. The quantitative estimate of drug-likeness (QED) is 0.365. The third-order valence-corrected chi connectivity index (χ3v) is 5.01. The van der Waals surface area contributed by atoms with Gasteiger partial charge in [-0.25, -0.2) is 4.39 Å². The van der Waals surface area contributed by atoms with Crippen molar-refractivity contribution in [1.29, 1.82) is 5.26 Å². The average Bonchev–Trinajstić information content (AvgIpc) is 2.73. The number of carbonyl (C=O) groups excluding carboxylic acids is 1. The number of pyridine rings is 1. The lowest BCUT2D eigenvalue weighted by molar-refractivity contribution is -0.384. The molecule has 0 bridgehead atoms. The number of nitro groups is 1. The van der Waals surface area contributed by atoms with Gasteiger partial charge in [-0.15, -0.1) is 0 Å². The highest BCUT2D eigenvalue weighted by molar-refractivity contribution is 6.32. The van der Waals surface area contributed by atoms with Crippen molar-refractivity contribution in [2.24, 2.45) is 0 Å². The van der Waals surface area contributed by atoms with Crippen molar-refractivity contribution in [2.75, 3.05) is 0 Å². The standard InChI is InChI=1S/C21H13ClFN3O5/c1-11-15(9-24)20(28)25(10-12-2-5-14(23)6-3-12)21(29)18(11)19(27)13-4-7-16(22)17(8-13)26(30)31/h2-8,29H,10H2,1H3. The molecule has 0 radical (unpaired) electrons. The number of rotatable bonds is 5. The first-order chi connectivity index (χ1) is 14.6. The third kappa shape index (κ3) is 4.01. The van der Waals surface area contributed by atoms with Crippen LogP contribution in [0.4, 0.5) is 10.1 Å².